The Kier molecular flexibility index (Phi) is 4.66. The first-order chi connectivity index (χ1) is 8.27. The van der Waals surface area contributed by atoms with Gasteiger partial charge >= 0.3 is 6.03 Å². The summed E-state index contributed by atoms with van der Waals surface area (Å²) in [6.07, 6.45) is 7.34. The van der Waals surface area contributed by atoms with Gasteiger partial charge in [-0.2, -0.15) is 0 Å². The van der Waals surface area contributed by atoms with Crippen LogP contribution >= 0.6 is 0 Å². The third-order valence-corrected chi connectivity index (χ3v) is 3.93. The molecule has 2 saturated heterocycles. The van der Waals surface area contributed by atoms with Crippen LogP contribution < -0.4 is 5.32 Å². The number of carbonyl (C=O) groups is 1. The second kappa shape index (κ2) is 6.24. The second-order valence-electron chi connectivity index (χ2n) is 5.33. The average Bonchev–Trinajstić information content (AvgIpc) is 2.90. The molecule has 2 aliphatic heterocycles. The normalized spacial score (nSPS) is 25.0. The highest BCUT2D eigenvalue weighted by Crippen LogP contribution is 2.13. The van der Waals surface area contributed by atoms with Gasteiger partial charge in [0.05, 0.1) is 0 Å². The lowest BCUT2D eigenvalue weighted by molar-refractivity contribution is 0.170. The van der Waals surface area contributed by atoms with E-state index in [0.717, 1.165) is 32.6 Å². The van der Waals surface area contributed by atoms with E-state index in [9.17, 15) is 4.79 Å². The van der Waals surface area contributed by atoms with Gasteiger partial charge in [0.2, 0.25) is 0 Å². The van der Waals surface area contributed by atoms with E-state index in [-0.39, 0.29) is 6.03 Å². The molecule has 0 aliphatic carbocycles. The molecule has 1 unspecified atom stereocenters. The summed E-state index contributed by atoms with van der Waals surface area (Å²) in [6, 6.07) is 0.843. The highest BCUT2D eigenvalue weighted by atomic mass is 16.2. The third-order valence-electron chi connectivity index (χ3n) is 3.93. The van der Waals surface area contributed by atoms with Crippen LogP contribution in [0, 0.1) is 0 Å². The van der Waals surface area contributed by atoms with Gasteiger partial charge in [0.25, 0.3) is 0 Å². The molecule has 0 aromatic heterocycles. The molecule has 0 saturated carbocycles. The average molecular weight is 239 g/mol. The predicted octanol–water partition coefficient (Wildman–Crippen LogP) is 1.67. The van der Waals surface area contributed by atoms with Gasteiger partial charge in [-0.1, -0.05) is 6.42 Å². The zero-order chi connectivity index (χ0) is 12.1. The van der Waals surface area contributed by atoms with Crippen molar-refractivity contribution in [3.05, 3.63) is 0 Å². The van der Waals surface area contributed by atoms with Gasteiger partial charge in [-0.15, -0.1) is 0 Å². The van der Waals surface area contributed by atoms with Crippen molar-refractivity contribution in [1.29, 1.82) is 0 Å². The number of nitrogens with one attached hydrogen (secondary N) is 1. The number of hydrogen-bond acceptors (Lipinski definition) is 2. The molecule has 1 N–H and O–H groups in total. The number of piperidine rings is 1. The van der Waals surface area contributed by atoms with Gasteiger partial charge in [0.15, 0.2) is 0 Å². The van der Waals surface area contributed by atoms with Crippen LogP contribution in [0.25, 0.3) is 0 Å². The maximum Gasteiger partial charge on any atom is 0.319 e. The Hall–Kier alpha value is -0.770. The van der Waals surface area contributed by atoms with Crippen molar-refractivity contribution in [2.24, 2.45) is 0 Å². The fourth-order valence-corrected chi connectivity index (χ4v) is 2.77. The van der Waals surface area contributed by atoms with Crippen molar-refractivity contribution in [1.82, 2.24) is 15.1 Å². The van der Waals surface area contributed by atoms with Crippen LogP contribution in [-0.4, -0.2) is 55.1 Å². The Labute approximate surface area is 104 Å². The number of rotatable bonds is 3. The number of urea groups is 1. The van der Waals surface area contributed by atoms with Crippen molar-refractivity contribution in [3.63, 3.8) is 0 Å². The maximum atomic E-state index is 12.0. The van der Waals surface area contributed by atoms with Crippen LogP contribution in [0.1, 0.15) is 38.5 Å². The van der Waals surface area contributed by atoms with E-state index in [1.165, 1.54) is 32.1 Å². The smallest absolute Gasteiger partial charge is 0.319 e. The maximum absolute atomic E-state index is 12.0. The monoisotopic (exact) mass is 239 g/mol. The number of nitrogens with zero attached hydrogens (tertiary/aromatic N) is 2. The zero-order valence-corrected chi connectivity index (χ0v) is 11.0. The topological polar surface area (TPSA) is 35.6 Å². The van der Waals surface area contributed by atoms with Crippen molar-refractivity contribution < 1.29 is 4.79 Å². The van der Waals surface area contributed by atoms with Crippen LogP contribution in [0.4, 0.5) is 4.79 Å². The molecule has 2 fully saturated rings. The van der Waals surface area contributed by atoms with Crippen molar-refractivity contribution in [3.8, 4) is 0 Å². The highest BCUT2D eigenvalue weighted by molar-refractivity contribution is 5.74. The van der Waals surface area contributed by atoms with E-state index in [0.29, 0.717) is 6.04 Å². The number of hydrogen-bond donors (Lipinski definition) is 1. The Morgan fingerprint density at radius 2 is 2.06 bits per heavy atom. The largest absolute Gasteiger partial charge is 0.328 e. The summed E-state index contributed by atoms with van der Waals surface area (Å²) in [6.45, 7) is 3.93. The molecule has 2 heterocycles. The minimum absolute atomic E-state index is 0.221. The summed E-state index contributed by atoms with van der Waals surface area (Å²) in [4.78, 5) is 15.9. The summed E-state index contributed by atoms with van der Waals surface area (Å²) >= 11 is 0. The van der Waals surface area contributed by atoms with Crippen LogP contribution in [0.3, 0.4) is 0 Å². The molecule has 4 heteroatoms. The van der Waals surface area contributed by atoms with Gasteiger partial charge < -0.3 is 15.1 Å². The zero-order valence-electron chi connectivity index (χ0n) is 11.0. The lowest BCUT2D eigenvalue weighted by Gasteiger charge is -2.28. The molecule has 0 aromatic carbocycles. The predicted molar refractivity (Wildman–Crippen MR) is 69.1 cm³/mol. The van der Waals surface area contributed by atoms with Crippen LogP contribution in [0.5, 0.6) is 0 Å². The Morgan fingerprint density at radius 1 is 1.29 bits per heavy atom. The first kappa shape index (κ1) is 12.7. The fourth-order valence-electron chi connectivity index (χ4n) is 2.77. The molecule has 2 amide bonds. The van der Waals surface area contributed by atoms with Gasteiger partial charge in [0, 0.05) is 32.7 Å². The fraction of sp³-hybridized carbons (Fsp3) is 0.923. The van der Waals surface area contributed by atoms with Gasteiger partial charge in [-0.25, -0.2) is 4.79 Å². The number of carbonyl (C=O) groups excluding carboxylic acids is 1. The van der Waals surface area contributed by atoms with E-state index in [1.807, 2.05) is 16.8 Å². The highest BCUT2D eigenvalue weighted by Gasteiger charge is 2.22. The van der Waals surface area contributed by atoms with E-state index in [4.69, 9.17) is 0 Å². The molecule has 1 atom stereocenters. The van der Waals surface area contributed by atoms with Gasteiger partial charge in [0.1, 0.15) is 0 Å². The SMILES string of the molecule is CN(CCC1CCCCN1)C(=O)N1CCCC1. The minimum atomic E-state index is 0.221. The Morgan fingerprint density at radius 3 is 2.71 bits per heavy atom. The molecule has 0 spiro atoms. The summed E-state index contributed by atoms with van der Waals surface area (Å²) in [5, 5.41) is 3.53. The quantitative estimate of drug-likeness (QED) is 0.813. The molecular formula is C13H25N3O. The molecule has 0 radical (unpaired) electrons. The van der Waals surface area contributed by atoms with Gasteiger partial charge in [-0.3, -0.25) is 0 Å². The van der Waals surface area contributed by atoms with E-state index < -0.39 is 0 Å². The molecule has 98 valence electrons. The van der Waals surface area contributed by atoms with Crippen LogP contribution in [-0.2, 0) is 0 Å². The third kappa shape index (κ3) is 3.60. The Bertz CT molecular complexity index is 245. The number of likely N-dealkylation sites (tertiary alicyclic amines) is 1. The van der Waals surface area contributed by atoms with E-state index in [2.05, 4.69) is 5.32 Å². The first-order valence-electron chi connectivity index (χ1n) is 7.01. The lowest BCUT2D eigenvalue weighted by atomic mass is 10.0. The molecule has 4 nitrogen and oxygen atoms in total. The second-order valence-corrected chi connectivity index (χ2v) is 5.33. The standard InChI is InChI=1S/C13H25N3O/c1-15(13(17)16-9-4-5-10-16)11-7-12-6-2-3-8-14-12/h12,14H,2-11H2,1H3. The van der Waals surface area contributed by atoms with Gasteiger partial charge in [-0.05, 0) is 38.6 Å². The molecule has 17 heavy (non-hydrogen) atoms. The first-order valence-corrected chi connectivity index (χ1v) is 7.01. The molecular weight excluding hydrogens is 214 g/mol. The summed E-state index contributed by atoms with van der Waals surface area (Å²) < 4.78 is 0. The summed E-state index contributed by atoms with van der Waals surface area (Å²) in [7, 11) is 1.93. The Balaban J connectivity index is 1.68. The molecule has 2 aliphatic rings. The van der Waals surface area contributed by atoms with Crippen molar-refractivity contribution >= 4 is 6.03 Å². The van der Waals surface area contributed by atoms with Crippen molar-refractivity contribution in [2.45, 2.75) is 44.6 Å². The van der Waals surface area contributed by atoms with E-state index in [1.54, 1.807) is 0 Å². The molecule has 2 rings (SSSR count). The molecule has 0 bridgehead atoms. The number of amides is 2. The summed E-state index contributed by atoms with van der Waals surface area (Å²) in [5.74, 6) is 0. The van der Waals surface area contributed by atoms with Crippen LogP contribution in [0.15, 0.2) is 0 Å². The van der Waals surface area contributed by atoms with Crippen molar-refractivity contribution in [2.75, 3.05) is 33.2 Å². The minimum Gasteiger partial charge on any atom is -0.328 e. The summed E-state index contributed by atoms with van der Waals surface area (Å²) in [5.41, 5.74) is 0. The lowest BCUT2D eigenvalue weighted by Crippen LogP contribution is -2.42. The van der Waals surface area contributed by atoms with E-state index >= 15 is 0 Å². The molecule has 0 aromatic rings. The van der Waals surface area contributed by atoms with Crippen LogP contribution in [0.2, 0.25) is 0 Å².